The predicted molar refractivity (Wildman–Crippen MR) is 126 cm³/mol. The zero-order chi connectivity index (χ0) is 20.4. The Labute approximate surface area is 180 Å². The van der Waals surface area contributed by atoms with E-state index in [1.165, 1.54) is 47.7 Å². The smallest absolute Gasteiger partial charge is 0.115 e. The second kappa shape index (κ2) is 12.1. The van der Waals surface area contributed by atoms with Gasteiger partial charge in [-0.15, -0.1) is 6.58 Å². The van der Waals surface area contributed by atoms with Gasteiger partial charge in [0.2, 0.25) is 0 Å². The molecule has 1 aliphatic rings. The Morgan fingerprint density at radius 3 is 2.00 bits per heavy atom. The Morgan fingerprint density at radius 1 is 0.964 bits per heavy atom. The molecule has 0 bridgehead atoms. The number of halogens is 1. The zero-order valence-corrected chi connectivity index (χ0v) is 19.0. The number of alkyl halides is 1. The highest BCUT2D eigenvalue weighted by Gasteiger charge is 2.16. The number of phenols is 1. The fourth-order valence-electron chi connectivity index (χ4n) is 3.60. The monoisotopic (exact) mass is 442 g/mol. The van der Waals surface area contributed by atoms with Crippen molar-refractivity contribution in [2.75, 3.05) is 5.33 Å². The molecule has 1 fully saturated rings. The molecule has 0 amide bonds. The number of phenolic OH excluding ortho intramolecular Hbond substituents is 1. The van der Waals surface area contributed by atoms with Gasteiger partial charge in [-0.1, -0.05) is 77.7 Å². The third kappa shape index (κ3) is 8.22. The first-order chi connectivity index (χ1) is 13.5. The van der Waals surface area contributed by atoms with E-state index >= 15 is 0 Å². The van der Waals surface area contributed by atoms with Crippen molar-refractivity contribution in [2.45, 2.75) is 58.8 Å². The normalized spacial score (nSPS) is 18.8. The standard InChI is InChI=1S/C18H20O.C8H15Br/c1-14(2)4-3-5-15-6-8-16(9-7-15)17-10-12-18(19)13-11-17;1-7-2-4-8(6-9)5-3-7/h6-13,19H,1,3-5H2,2H3;7-8H,2-6H2,1H3. The maximum Gasteiger partial charge on any atom is 0.115 e. The number of hydrogen-bond acceptors (Lipinski definition) is 1. The van der Waals surface area contributed by atoms with Gasteiger partial charge in [0.25, 0.3) is 0 Å². The van der Waals surface area contributed by atoms with Crippen LogP contribution >= 0.6 is 15.9 Å². The minimum atomic E-state index is 0.306. The second-order valence-electron chi connectivity index (χ2n) is 8.33. The minimum Gasteiger partial charge on any atom is -0.508 e. The molecular formula is C26H35BrO. The Hall–Kier alpha value is -1.54. The van der Waals surface area contributed by atoms with Crippen LogP contribution in [-0.4, -0.2) is 10.4 Å². The summed E-state index contributed by atoms with van der Waals surface area (Å²) in [4.78, 5) is 0. The van der Waals surface area contributed by atoms with Crippen LogP contribution < -0.4 is 0 Å². The lowest BCUT2D eigenvalue weighted by atomic mass is 9.84. The van der Waals surface area contributed by atoms with Crippen LogP contribution in [0.4, 0.5) is 0 Å². The van der Waals surface area contributed by atoms with Gasteiger partial charge in [0.15, 0.2) is 0 Å². The molecule has 2 aromatic carbocycles. The Morgan fingerprint density at radius 2 is 1.50 bits per heavy atom. The number of rotatable bonds is 6. The van der Waals surface area contributed by atoms with Gasteiger partial charge < -0.3 is 5.11 Å². The van der Waals surface area contributed by atoms with E-state index in [0.717, 1.165) is 36.7 Å². The van der Waals surface area contributed by atoms with Gasteiger partial charge in [0.1, 0.15) is 5.75 Å². The van der Waals surface area contributed by atoms with Crippen LogP contribution in [0.25, 0.3) is 11.1 Å². The Bertz CT molecular complexity index is 694. The van der Waals surface area contributed by atoms with Crippen LogP contribution in [0.1, 0.15) is 57.9 Å². The highest BCUT2D eigenvalue weighted by Crippen LogP contribution is 2.29. The number of allylic oxidation sites excluding steroid dienone is 1. The summed E-state index contributed by atoms with van der Waals surface area (Å²) in [6.07, 6.45) is 9.17. The number of benzene rings is 2. The van der Waals surface area contributed by atoms with Crippen molar-refractivity contribution in [1.82, 2.24) is 0 Å². The van der Waals surface area contributed by atoms with Crippen LogP contribution in [0.3, 0.4) is 0 Å². The largest absolute Gasteiger partial charge is 0.508 e. The quantitative estimate of drug-likeness (QED) is 0.353. The van der Waals surface area contributed by atoms with Crippen LogP contribution in [0.5, 0.6) is 5.75 Å². The maximum atomic E-state index is 9.28. The van der Waals surface area contributed by atoms with Gasteiger partial charge in [0.05, 0.1) is 0 Å². The second-order valence-corrected chi connectivity index (χ2v) is 8.98. The average Bonchev–Trinajstić information content (AvgIpc) is 2.70. The molecule has 0 saturated heterocycles. The molecule has 0 aliphatic heterocycles. The predicted octanol–water partition coefficient (Wildman–Crippen LogP) is 8.17. The van der Waals surface area contributed by atoms with E-state index in [9.17, 15) is 5.11 Å². The van der Waals surface area contributed by atoms with E-state index in [2.05, 4.69) is 60.6 Å². The summed E-state index contributed by atoms with van der Waals surface area (Å²) < 4.78 is 0. The molecule has 1 saturated carbocycles. The van der Waals surface area contributed by atoms with E-state index in [4.69, 9.17) is 0 Å². The molecule has 1 N–H and O–H groups in total. The fraction of sp³-hybridized carbons (Fsp3) is 0.462. The maximum absolute atomic E-state index is 9.28. The lowest BCUT2D eigenvalue weighted by Gasteiger charge is -2.24. The van der Waals surface area contributed by atoms with Crippen molar-refractivity contribution in [2.24, 2.45) is 11.8 Å². The molecule has 0 spiro atoms. The zero-order valence-electron chi connectivity index (χ0n) is 17.5. The summed E-state index contributed by atoms with van der Waals surface area (Å²) in [5, 5.41) is 10.5. The first kappa shape index (κ1) is 22.7. The molecule has 0 radical (unpaired) electrons. The van der Waals surface area contributed by atoms with Gasteiger partial charge in [-0.2, -0.15) is 0 Å². The minimum absolute atomic E-state index is 0.306. The van der Waals surface area contributed by atoms with Crippen molar-refractivity contribution >= 4 is 15.9 Å². The number of hydrogen-bond donors (Lipinski definition) is 1. The third-order valence-corrected chi connectivity index (χ3v) is 6.49. The van der Waals surface area contributed by atoms with E-state index in [0.29, 0.717) is 5.75 Å². The molecule has 3 rings (SSSR count). The lowest BCUT2D eigenvalue weighted by molar-refractivity contribution is 0.313. The van der Waals surface area contributed by atoms with E-state index in [-0.39, 0.29) is 0 Å². The first-order valence-corrected chi connectivity index (χ1v) is 11.7. The van der Waals surface area contributed by atoms with Crippen molar-refractivity contribution in [3.05, 3.63) is 66.2 Å². The van der Waals surface area contributed by atoms with Crippen LogP contribution in [0, 0.1) is 11.8 Å². The van der Waals surface area contributed by atoms with Gasteiger partial charge in [-0.25, -0.2) is 0 Å². The molecule has 28 heavy (non-hydrogen) atoms. The highest BCUT2D eigenvalue weighted by atomic mass is 79.9. The van der Waals surface area contributed by atoms with Crippen LogP contribution in [0.2, 0.25) is 0 Å². The molecule has 0 heterocycles. The van der Waals surface area contributed by atoms with E-state index in [1.807, 2.05) is 12.1 Å². The molecule has 1 aliphatic carbocycles. The van der Waals surface area contributed by atoms with Crippen molar-refractivity contribution < 1.29 is 5.11 Å². The molecule has 2 aromatic rings. The summed E-state index contributed by atoms with van der Waals surface area (Å²) in [6.45, 7) is 8.37. The Kier molecular flexibility index (Phi) is 9.84. The molecule has 0 atom stereocenters. The summed E-state index contributed by atoms with van der Waals surface area (Å²) >= 11 is 3.53. The molecule has 2 heteroatoms. The van der Waals surface area contributed by atoms with Crippen molar-refractivity contribution in [1.29, 1.82) is 0 Å². The summed E-state index contributed by atoms with van der Waals surface area (Å²) in [5.41, 5.74) is 4.93. The molecule has 0 unspecified atom stereocenters. The van der Waals surface area contributed by atoms with Gasteiger partial charge >= 0.3 is 0 Å². The lowest BCUT2D eigenvalue weighted by Crippen LogP contribution is -2.12. The summed E-state index contributed by atoms with van der Waals surface area (Å²) in [7, 11) is 0. The highest BCUT2D eigenvalue weighted by molar-refractivity contribution is 9.09. The number of aryl methyl sites for hydroxylation is 1. The average molecular weight is 443 g/mol. The van der Waals surface area contributed by atoms with Gasteiger partial charge in [0, 0.05) is 5.33 Å². The Balaban J connectivity index is 0.000000261. The first-order valence-electron chi connectivity index (χ1n) is 10.6. The van der Waals surface area contributed by atoms with Crippen LogP contribution in [0.15, 0.2) is 60.7 Å². The summed E-state index contributed by atoms with van der Waals surface area (Å²) in [6, 6.07) is 16.0. The number of aromatic hydroxyl groups is 1. The van der Waals surface area contributed by atoms with E-state index in [1.54, 1.807) is 12.1 Å². The van der Waals surface area contributed by atoms with Gasteiger partial charge in [-0.3, -0.25) is 0 Å². The molecule has 152 valence electrons. The molecular weight excluding hydrogens is 408 g/mol. The fourth-order valence-corrected chi connectivity index (χ4v) is 4.24. The SMILES string of the molecule is C=C(C)CCCc1ccc(-c2ccc(O)cc2)cc1.CC1CCC(CBr)CC1. The van der Waals surface area contributed by atoms with Crippen LogP contribution in [-0.2, 0) is 6.42 Å². The topological polar surface area (TPSA) is 20.2 Å². The van der Waals surface area contributed by atoms with Crippen molar-refractivity contribution in [3.8, 4) is 16.9 Å². The third-order valence-electron chi connectivity index (χ3n) is 5.58. The molecule has 1 nitrogen and oxygen atoms in total. The molecule has 0 aromatic heterocycles. The van der Waals surface area contributed by atoms with E-state index < -0.39 is 0 Å². The van der Waals surface area contributed by atoms with Crippen molar-refractivity contribution in [3.63, 3.8) is 0 Å². The summed E-state index contributed by atoms with van der Waals surface area (Å²) in [5.74, 6) is 2.29. The van der Waals surface area contributed by atoms with Gasteiger partial charge in [-0.05, 0) is 79.7 Å².